The van der Waals surface area contributed by atoms with Gasteiger partial charge in [0.15, 0.2) is 6.33 Å². The molecule has 0 amide bonds. The number of ether oxygens (including phenoxy) is 2. The second-order valence-corrected chi connectivity index (χ2v) is 8.38. The number of imidazole rings is 2. The first kappa shape index (κ1) is 20.7. The minimum absolute atomic E-state index is 0.101. The monoisotopic (exact) mass is 441 g/mol. The highest BCUT2D eigenvalue weighted by Gasteiger charge is 2.48. The third-order valence-corrected chi connectivity index (χ3v) is 6.10. The summed E-state index contributed by atoms with van der Waals surface area (Å²) in [7, 11) is -1.46. The van der Waals surface area contributed by atoms with Crippen molar-refractivity contribution in [2.45, 2.75) is 24.5 Å². The van der Waals surface area contributed by atoms with Gasteiger partial charge in [-0.15, -0.1) is 0 Å². The quantitative estimate of drug-likeness (QED) is 0.276. The van der Waals surface area contributed by atoms with Crippen molar-refractivity contribution in [1.82, 2.24) is 23.9 Å². The van der Waals surface area contributed by atoms with Crippen molar-refractivity contribution in [1.29, 1.82) is 0 Å². The van der Waals surface area contributed by atoms with Crippen LogP contribution in [0.25, 0.3) is 11.2 Å². The molecule has 4 rings (SSSR count). The Bertz CT molecular complexity index is 1160. The van der Waals surface area contributed by atoms with E-state index in [1.165, 1.54) is 35.0 Å². The molecule has 1 fully saturated rings. The molecule has 0 saturated carbocycles. The Labute approximate surface area is 169 Å². The molecule has 162 valence electrons. The molecule has 0 aliphatic carbocycles. The summed E-state index contributed by atoms with van der Waals surface area (Å²) in [6, 6.07) is 0. The molecule has 5 atom stereocenters. The van der Waals surface area contributed by atoms with Crippen LogP contribution in [0.4, 0.5) is 5.95 Å². The van der Waals surface area contributed by atoms with E-state index in [-0.39, 0.29) is 17.1 Å². The molecule has 4 N–H and O–H groups in total. The second-order valence-electron chi connectivity index (χ2n) is 6.72. The molecule has 2 unspecified atom stereocenters. The van der Waals surface area contributed by atoms with Gasteiger partial charge in [-0.2, -0.15) is 0 Å². The average Bonchev–Trinajstić information content (AvgIpc) is 3.39. The van der Waals surface area contributed by atoms with Crippen LogP contribution >= 0.6 is 7.75 Å². The number of nitrogens with one attached hydrogen (secondary N) is 1. The number of hydrogen-bond acceptors (Lipinski definition) is 10. The van der Waals surface area contributed by atoms with Gasteiger partial charge in [0.2, 0.25) is 19.5 Å². The molecule has 3 aromatic heterocycles. The van der Waals surface area contributed by atoms with E-state index in [1.54, 1.807) is 7.05 Å². The van der Waals surface area contributed by atoms with Crippen LogP contribution in [-0.2, 0) is 25.6 Å². The predicted molar refractivity (Wildman–Crippen MR) is 97.8 cm³/mol. The lowest BCUT2D eigenvalue weighted by Gasteiger charge is -2.26. The summed E-state index contributed by atoms with van der Waals surface area (Å²) >= 11 is 0. The van der Waals surface area contributed by atoms with E-state index >= 15 is 0 Å². The number of fused-ring (bicyclic) bond motifs is 1. The molecule has 0 spiro atoms. The Balaban J connectivity index is 1.62. The molecule has 1 aliphatic rings. The number of aromatic nitrogens is 6. The predicted octanol–water partition coefficient (Wildman–Crippen LogP) is -2.37. The zero-order chi connectivity index (χ0) is 21.6. The maximum atomic E-state index is 12.2. The third-order valence-electron chi connectivity index (χ3n) is 4.82. The Morgan fingerprint density at radius 1 is 1.53 bits per heavy atom. The summed E-state index contributed by atoms with van der Waals surface area (Å²) in [5.74, 6) is -0.101. The summed E-state index contributed by atoms with van der Waals surface area (Å²) < 4.78 is 32.2. The van der Waals surface area contributed by atoms with Crippen LogP contribution < -0.4 is 20.8 Å². The summed E-state index contributed by atoms with van der Waals surface area (Å²) in [6.07, 6.45) is 1.07. The normalized spacial score (nSPS) is 26.3. The zero-order valence-corrected chi connectivity index (χ0v) is 16.9. The van der Waals surface area contributed by atoms with Crippen LogP contribution in [0.2, 0.25) is 0 Å². The fourth-order valence-electron chi connectivity index (χ4n) is 3.46. The molecule has 0 radical (unpaired) electrons. The van der Waals surface area contributed by atoms with E-state index in [2.05, 4.69) is 15.0 Å². The lowest BCUT2D eigenvalue weighted by atomic mass is 10.1. The number of H-pyrrole nitrogens is 1. The molecule has 14 nitrogen and oxygen atoms in total. The molecular formula is C15H20N7O7P. The van der Waals surface area contributed by atoms with Gasteiger partial charge in [-0.05, 0) is 0 Å². The Morgan fingerprint density at radius 2 is 2.30 bits per heavy atom. The van der Waals surface area contributed by atoms with Crippen LogP contribution in [0.15, 0.2) is 29.8 Å². The third kappa shape index (κ3) is 3.43. The number of nitrogens with two attached hydrogens (primary N) is 1. The van der Waals surface area contributed by atoms with Gasteiger partial charge >= 0.3 is 5.65 Å². The van der Waals surface area contributed by atoms with Crippen LogP contribution in [-0.4, -0.2) is 61.0 Å². The standard InChI is InChI=1S/C15H20N7O7P/c1-20-7-22(12-9(20)13(24)19-15(16)18-12)14-10(23)11(27-2)8(29-14)5-28-30(25,26)21-4-3-17-6-21/h3-4,6-8,10-11,14,23H,5H2,1-2H3,(H3-,16,18,19,24,25,26)/t8-,10?,11-,14-/m0/s1. The van der Waals surface area contributed by atoms with Crippen molar-refractivity contribution in [3.8, 4) is 0 Å². The Morgan fingerprint density at radius 3 is 2.97 bits per heavy atom. The molecule has 4 heterocycles. The maximum absolute atomic E-state index is 12.2. The van der Waals surface area contributed by atoms with Gasteiger partial charge in [0, 0.05) is 19.5 Å². The first-order valence-corrected chi connectivity index (χ1v) is 10.3. The fraction of sp³-hybridized carbons (Fsp3) is 0.467. The summed E-state index contributed by atoms with van der Waals surface area (Å²) in [4.78, 5) is 34.6. The highest BCUT2D eigenvalue weighted by molar-refractivity contribution is 7.49. The van der Waals surface area contributed by atoms with Gasteiger partial charge in [0.25, 0.3) is 11.5 Å². The number of nitrogen functional groups attached to an aromatic ring is 1. The number of aliphatic hydroxyl groups is 1. The first-order chi connectivity index (χ1) is 14.2. The minimum Gasteiger partial charge on any atom is -0.761 e. The van der Waals surface area contributed by atoms with E-state index in [4.69, 9.17) is 19.7 Å². The number of aryl methyl sites for hydroxylation is 1. The average molecular weight is 441 g/mol. The summed E-state index contributed by atoms with van der Waals surface area (Å²) in [6.45, 7) is -0.410. The smallest absolute Gasteiger partial charge is 0.313 e. The van der Waals surface area contributed by atoms with Gasteiger partial charge in [-0.3, -0.25) is 23.2 Å². The van der Waals surface area contributed by atoms with Crippen molar-refractivity contribution < 1.29 is 33.1 Å². The first-order valence-electron chi connectivity index (χ1n) is 8.79. The van der Waals surface area contributed by atoms with Gasteiger partial charge in [-0.1, -0.05) is 4.98 Å². The summed E-state index contributed by atoms with van der Waals surface area (Å²) in [5, 5.41) is 10.8. The SMILES string of the molecule is CO[C@@H]1C(O)[C@@H]([n+]2cn(C)c3c(=O)[nH]c(N)nc32)O[C@H]1COP(=O)([O-])n1ccnc1. The Hall–Kier alpha value is -2.61. The fourth-order valence-corrected chi connectivity index (χ4v) is 4.34. The van der Waals surface area contributed by atoms with Crippen molar-refractivity contribution in [2.75, 3.05) is 19.5 Å². The van der Waals surface area contributed by atoms with Crippen LogP contribution in [0.1, 0.15) is 6.23 Å². The van der Waals surface area contributed by atoms with E-state index in [0.29, 0.717) is 0 Å². The molecule has 30 heavy (non-hydrogen) atoms. The molecule has 0 aromatic carbocycles. The largest absolute Gasteiger partial charge is 0.761 e. The van der Waals surface area contributed by atoms with Gasteiger partial charge in [0.1, 0.15) is 24.6 Å². The lowest BCUT2D eigenvalue weighted by Crippen LogP contribution is -2.46. The van der Waals surface area contributed by atoms with Crippen molar-refractivity contribution in [3.63, 3.8) is 0 Å². The lowest BCUT2D eigenvalue weighted by molar-refractivity contribution is -0.745. The van der Waals surface area contributed by atoms with Crippen molar-refractivity contribution in [2.24, 2.45) is 7.05 Å². The van der Waals surface area contributed by atoms with Crippen molar-refractivity contribution >= 4 is 24.9 Å². The topological polar surface area (TPSA) is 186 Å². The maximum Gasteiger partial charge on any atom is 0.313 e. The number of anilines is 1. The van der Waals surface area contributed by atoms with Crippen LogP contribution in [0.5, 0.6) is 0 Å². The molecule has 15 heteroatoms. The minimum atomic E-state index is -4.44. The molecule has 0 bridgehead atoms. The highest BCUT2D eigenvalue weighted by atomic mass is 31.2. The number of methoxy groups -OCH3 is 1. The van der Waals surface area contributed by atoms with Crippen LogP contribution in [0.3, 0.4) is 0 Å². The number of nitrogens with zero attached hydrogens (tertiary/aromatic N) is 5. The molecule has 1 aliphatic heterocycles. The highest BCUT2D eigenvalue weighted by Crippen LogP contribution is 2.40. The van der Waals surface area contributed by atoms with Gasteiger partial charge < -0.3 is 29.7 Å². The van der Waals surface area contributed by atoms with Crippen LogP contribution in [0, 0.1) is 0 Å². The molecular weight excluding hydrogens is 421 g/mol. The van der Waals surface area contributed by atoms with E-state index in [1.807, 2.05) is 0 Å². The second kappa shape index (κ2) is 7.58. The summed E-state index contributed by atoms with van der Waals surface area (Å²) in [5.41, 5.74) is 5.60. The zero-order valence-electron chi connectivity index (χ0n) is 16.0. The van der Waals surface area contributed by atoms with Gasteiger partial charge in [-0.25, -0.2) is 9.55 Å². The number of rotatable bonds is 6. The molecule has 1 saturated heterocycles. The number of aromatic amines is 1. The van der Waals surface area contributed by atoms with E-state index in [0.717, 1.165) is 10.7 Å². The van der Waals surface area contributed by atoms with Crippen molar-refractivity contribution in [3.05, 3.63) is 35.4 Å². The van der Waals surface area contributed by atoms with Gasteiger partial charge in [0.05, 0.1) is 13.7 Å². The number of aliphatic hydroxyl groups excluding tert-OH is 1. The molecule has 3 aromatic rings. The number of hydrogen-bond donors (Lipinski definition) is 3. The Kier molecular flexibility index (Phi) is 5.22. The van der Waals surface area contributed by atoms with E-state index < -0.39 is 44.5 Å². The van der Waals surface area contributed by atoms with E-state index in [9.17, 15) is 19.4 Å².